The van der Waals surface area contributed by atoms with Gasteiger partial charge in [-0.3, -0.25) is 0 Å². The predicted molar refractivity (Wildman–Crippen MR) is 103 cm³/mol. The Morgan fingerprint density at radius 3 is 2.35 bits per heavy atom. The van der Waals surface area contributed by atoms with Crippen LogP contribution in [0.25, 0.3) is 11.1 Å². The number of nitrogens with one attached hydrogen (secondary N) is 1. The second-order valence-corrected chi connectivity index (χ2v) is 6.28. The molecule has 2 aromatic carbocycles. The van der Waals surface area contributed by atoms with Crippen molar-refractivity contribution in [3.05, 3.63) is 35.4 Å². The maximum atomic E-state index is 5.78. The number of fused-ring (bicyclic) bond motifs is 3. The van der Waals surface area contributed by atoms with Crippen molar-refractivity contribution in [1.29, 1.82) is 0 Å². The summed E-state index contributed by atoms with van der Waals surface area (Å²) in [5, 5.41) is 3.60. The van der Waals surface area contributed by atoms with Gasteiger partial charge in [0.2, 0.25) is 5.75 Å². The summed E-state index contributed by atoms with van der Waals surface area (Å²) in [6, 6.07) is 8.54. The van der Waals surface area contributed by atoms with E-state index in [-0.39, 0.29) is 6.04 Å². The Morgan fingerprint density at radius 2 is 1.73 bits per heavy atom. The third-order valence-corrected chi connectivity index (χ3v) is 4.97. The van der Waals surface area contributed by atoms with Crippen molar-refractivity contribution in [3.63, 3.8) is 0 Å². The fourth-order valence-corrected chi connectivity index (χ4v) is 3.80. The highest BCUT2D eigenvalue weighted by Crippen LogP contribution is 2.50. The zero-order valence-electron chi connectivity index (χ0n) is 16.1. The molecule has 0 fully saturated rings. The van der Waals surface area contributed by atoms with Crippen LogP contribution in [0.4, 0.5) is 0 Å². The van der Waals surface area contributed by atoms with Gasteiger partial charge in [-0.25, -0.2) is 0 Å². The van der Waals surface area contributed by atoms with E-state index in [0.717, 1.165) is 36.3 Å². The van der Waals surface area contributed by atoms with Gasteiger partial charge in [0.25, 0.3) is 0 Å². The van der Waals surface area contributed by atoms with Crippen LogP contribution in [-0.2, 0) is 6.42 Å². The van der Waals surface area contributed by atoms with Gasteiger partial charge in [0, 0.05) is 11.6 Å². The van der Waals surface area contributed by atoms with Gasteiger partial charge < -0.3 is 24.3 Å². The van der Waals surface area contributed by atoms with Crippen molar-refractivity contribution in [3.8, 4) is 34.1 Å². The van der Waals surface area contributed by atoms with E-state index in [1.54, 1.807) is 28.4 Å². The molecule has 0 saturated heterocycles. The maximum Gasteiger partial charge on any atom is 0.203 e. The molecule has 1 aliphatic carbocycles. The molecule has 0 spiro atoms. The van der Waals surface area contributed by atoms with Gasteiger partial charge in [0.15, 0.2) is 11.5 Å². The van der Waals surface area contributed by atoms with E-state index in [9.17, 15) is 0 Å². The van der Waals surface area contributed by atoms with Gasteiger partial charge in [-0.15, -0.1) is 0 Å². The minimum absolute atomic E-state index is 0.249. The van der Waals surface area contributed by atoms with E-state index >= 15 is 0 Å². The molecule has 1 atom stereocenters. The van der Waals surface area contributed by atoms with Gasteiger partial charge in [-0.05, 0) is 54.3 Å². The minimum atomic E-state index is 0.249. The van der Waals surface area contributed by atoms with E-state index in [1.807, 2.05) is 6.07 Å². The molecule has 0 bridgehead atoms. The molecule has 5 nitrogen and oxygen atoms in total. The quantitative estimate of drug-likeness (QED) is 0.847. The van der Waals surface area contributed by atoms with Gasteiger partial charge >= 0.3 is 0 Å². The molecule has 2 aromatic rings. The Labute approximate surface area is 155 Å². The number of hydrogen-bond donors (Lipinski definition) is 1. The van der Waals surface area contributed by atoms with Crippen molar-refractivity contribution >= 4 is 0 Å². The van der Waals surface area contributed by atoms with E-state index in [0.29, 0.717) is 17.2 Å². The zero-order valence-corrected chi connectivity index (χ0v) is 16.1. The average molecular weight is 357 g/mol. The highest BCUT2D eigenvalue weighted by molar-refractivity contribution is 5.83. The van der Waals surface area contributed by atoms with E-state index in [4.69, 9.17) is 18.9 Å². The normalized spacial score (nSPS) is 15.5. The van der Waals surface area contributed by atoms with Crippen molar-refractivity contribution in [2.75, 3.05) is 35.0 Å². The lowest BCUT2D eigenvalue weighted by Gasteiger charge is -2.21. The third-order valence-electron chi connectivity index (χ3n) is 4.97. The first-order chi connectivity index (χ1) is 12.7. The summed E-state index contributed by atoms with van der Waals surface area (Å²) in [6.07, 6.45) is 1.90. The molecule has 5 heteroatoms. The molecule has 0 radical (unpaired) electrons. The van der Waals surface area contributed by atoms with Crippen LogP contribution in [0.2, 0.25) is 0 Å². The Balaban J connectivity index is 2.30. The Bertz CT molecular complexity index is 788. The molecule has 1 aliphatic rings. The summed E-state index contributed by atoms with van der Waals surface area (Å²) < 4.78 is 22.4. The molecule has 1 N–H and O–H groups in total. The number of benzene rings is 2. The Morgan fingerprint density at radius 1 is 0.962 bits per heavy atom. The molecule has 26 heavy (non-hydrogen) atoms. The standard InChI is InChI=1S/C21H27NO4/c1-6-22-17-10-7-13-11-18(24-3)20(25-4)21(26-5)19(13)15-9-8-14(23-2)12-16(15)17/h8-9,11-12,17,22H,6-7,10H2,1-5H3/t17-/m0/s1. The lowest BCUT2D eigenvalue weighted by molar-refractivity contribution is 0.324. The summed E-state index contributed by atoms with van der Waals surface area (Å²) in [6.45, 7) is 3.03. The molecule has 0 saturated carbocycles. The summed E-state index contributed by atoms with van der Waals surface area (Å²) in [5.41, 5.74) is 4.63. The molecule has 3 rings (SSSR count). The van der Waals surface area contributed by atoms with Crippen LogP contribution >= 0.6 is 0 Å². The summed E-state index contributed by atoms with van der Waals surface area (Å²) in [5.74, 6) is 2.89. The van der Waals surface area contributed by atoms with Crippen molar-refractivity contribution in [1.82, 2.24) is 5.32 Å². The third kappa shape index (κ3) is 3.07. The monoisotopic (exact) mass is 357 g/mol. The van der Waals surface area contributed by atoms with Crippen LogP contribution in [0.15, 0.2) is 24.3 Å². The number of ether oxygens (including phenoxy) is 4. The highest BCUT2D eigenvalue weighted by Gasteiger charge is 2.28. The molecular weight excluding hydrogens is 330 g/mol. The molecule has 0 heterocycles. The number of methoxy groups -OCH3 is 4. The van der Waals surface area contributed by atoms with Crippen LogP contribution in [0.5, 0.6) is 23.0 Å². The molecule has 140 valence electrons. The highest BCUT2D eigenvalue weighted by atomic mass is 16.5. The number of aryl methyl sites for hydroxylation is 1. The van der Waals surface area contributed by atoms with E-state index < -0.39 is 0 Å². The second kappa shape index (κ2) is 7.87. The Kier molecular flexibility index (Phi) is 5.57. The average Bonchev–Trinajstić information content (AvgIpc) is 2.83. The van der Waals surface area contributed by atoms with Crippen LogP contribution < -0.4 is 24.3 Å². The summed E-state index contributed by atoms with van der Waals surface area (Å²) in [4.78, 5) is 0. The lowest BCUT2D eigenvalue weighted by atomic mass is 9.93. The van der Waals surface area contributed by atoms with Gasteiger partial charge in [0.1, 0.15) is 5.75 Å². The maximum absolute atomic E-state index is 5.78. The number of hydrogen-bond acceptors (Lipinski definition) is 5. The zero-order chi connectivity index (χ0) is 18.7. The van der Waals surface area contributed by atoms with Crippen molar-refractivity contribution in [2.24, 2.45) is 0 Å². The predicted octanol–water partition coefficient (Wildman–Crippen LogP) is 3.98. The molecule has 0 aliphatic heterocycles. The molecule has 0 amide bonds. The fourth-order valence-electron chi connectivity index (χ4n) is 3.80. The first-order valence-corrected chi connectivity index (χ1v) is 8.91. The Hall–Kier alpha value is -2.40. The van der Waals surface area contributed by atoms with Crippen LogP contribution in [0.1, 0.15) is 30.5 Å². The smallest absolute Gasteiger partial charge is 0.203 e. The van der Waals surface area contributed by atoms with Crippen LogP contribution in [-0.4, -0.2) is 35.0 Å². The van der Waals surface area contributed by atoms with Crippen LogP contribution in [0, 0.1) is 0 Å². The second-order valence-electron chi connectivity index (χ2n) is 6.28. The molecule has 0 unspecified atom stereocenters. The SMILES string of the molecule is CCN[C@H]1CCc2cc(OC)c(OC)c(OC)c2-c2ccc(OC)cc21. The van der Waals surface area contributed by atoms with Crippen molar-refractivity contribution < 1.29 is 18.9 Å². The first-order valence-electron chi connectivity index (χ1n) is 8.91. The largest absolute Gasteiger partial charge is 0.497 e. The van der Waals surface area contributed by atoms with Crippen molar-refractivity contribution in [2.45, 2.75) is 25.8 Å². The minimum Gasteiger partial charge on any atom is -0.497 e. The van der Waals surface area contributed by atoms with Gasteiger partial charge in [-0.1, -0.05) is 13.0 Å². The van der Waals surface area contributed by atoms with Gasteiger partial charge in [0.05, 0.1) is 28.4 Å². The summed E-state index contributed by atoms with van der Waals surface area (Å²) in [7, 11) is 6.66. The first kappa shape index (κ1) is 18.4. The molecule has 0 aromatic heterocycles. The topological polar surface area (TPSA) is 49.0 Å². The van der Waals surface area contributed by atoms with Gasteiger partial charge in [-0.2, -0.15) is 0 Å². The van der Waals surface area contributed by atoms with E-state index in [1.165, 1.54) is 11.1 Å². The number of rotatable bonds is 6. The fraction of sp³-hybridized carbons (Fsp3) is 0.429. The summed E-state index contributed by atoms with van der Waals surface area (Å²) >= 11 is 0. The van der Waals surface area contributed by atoms with Crippen LogP contribution in [0.3, 0.4) is 0 Å². The van der Waals surface area contributed by atoms with E-state index in [2.05, 4.69) is 30.4 Å². The molecular formula is C21H27NO4. The lowest BCUT2D eigenvalue weighted by Crippen LogP contribution is -2.21.